The van der Waals surface area contributed by atoms with Crippen molar-refractivity contribution < 1.29 is 28.6 Å². The number of esters is 3. The van der Waals surface area contributed by atoms with Crippen molar-refractivity contribution in [3.05, 3.63) is 34.4 Å². The van der Waals surface area contributed by atoms with Crippen molar-refractivity contribution in [1.29, 1.82) is 0 Å². The van der Waals surface area contributed by atoms with Gasteiger partial charge < -0.3 is 14.2 Å². The second-order valence-corrected chi connectivity index (χ2v) is 5.99. The number of carbonyl (C=O) groups is 3. The molecule has 0 heterocycles. The van der Waals surface area contributed by atoms with Crippen LogP contribution >= 0.6 is 0 Å². The molecule has 0 saturated heterocycles. The molecule has 0 radical (unpaired) electrons. The maximum atomic E-state index is 12.6. The van der Waals surface area contributed by atoms with Crippen molar-refractivity contribution in [3.8, 4) is 0 Å². The number of hydrogen-bond acceptors (Lipinski definition) is 6. The molecule has 0 aliphatic rings. The quantitative estimate of drug-likeness (QED) is 0.324. The third kappa shape index (κ3) is 6.38. The van der Waals surface area contributed by atoms with Crippen LogP contribution in [-0.4, -0.2) is 37.7 Å². The summed E-state index contributed by atoms with van der Waals surface area (Å²) in [5, 5.41) is 0. The molecule has 27 heavy (non-hydrogen) atoms. The fraction of sp³-hybridized carbons (Fsp3) is 0.571. The van der Waals surface area contributed by atoms with Gasteiger partial charge in [-0.15, -0.1) is 0 Å². The Morgan fingerprint density at radius 3 is 1.78 bits per heavy atom. The third-order valence-corrected chi connectivity index (χ3v) is 4.06. The van der Waals surface area contributed by atoms with Crippen molar-refractivity contribution in [2.75, 3.05) is 19.8 Å². The molecule has 0 aromatic heterocycles. The van der Waals surface area contributed by atoms with Crippen LogP contribution in [0.4, 0.5) is 0 Å². The lowest BCUT2D eigenvalue weighted by Gasteiger charge is -2.17. The molecule has 0 unspecified atom stereocenters. The average molecular weight is 378 g/mol. The molecule has 0 atom stereocenters. The van der Waals surface area contributed by atoms with Crippen LogP contribution in [0.25, 0.3) is 0 Å². The first kappa shape index (κ1) is 22.7. The summed E-state index contributed by atoms with van der Waals surface area (Å²) < 4.78 is 15.4. The van der Waals surface area contributed by atoms with E-state index in [1.807, 2.05) is 0 Å². The number of ether oxygens (including phenoxy) is 3. The minimum Gasteiger partial charge on any atom is -0.462 e. The molecule has 0 fully saturated rings. The van der Waals surface area contributed by atoms with Gasteiger partial charge in [0.1, 0.15) is 0 Å². The van der Waals surface area contributed by atoms with Gasteiger partial charge >= 0.3 is 17.9 Å². The molecule has 0 amide bonds. The highest BCUT2D eigenvalue weighted by atomic mass is 16.5. The van der Waals surface area contributed by atoms with Gasteiger partial charge in [-0.2, -0.15) is 0 Å². The maximum Gasteiger partial charge on any atom is 0.339 e. The fourth-order valence-corrected chi connectivity index (χ4v) is 2.85. The summed E-state index contributed by atoms with van der Waals surface area (Å²) in [6, 6.07) is 2.97. The lowest BCUT2D eigenvalue weighted by molar-refractivity contribution is 0.0474. The van der Waals surface area contributed by atoms with Crippen LogP contribution in [0.2, 0.25) is 0 Å². The zero-order valence-electron chi connectivity index (χ0n) is 16.8. The maximum absolute atomic E-state index is 12.6. The molecule has 0 saturated carbocycles. The molecule has 0 aliphatic heterocycles. The molecule has 0 spiro atoms. The Balaban J connectivity index is 3.47. The SMILES string of the molecule is CCCCCCc1c(C(=O)OCC)ccc(C(=O)OCC)c1C(=O)OCC. The Morgan fingerprint density at radius 2 is 1.22 bits per heavy atom. The molecule has 6 heteroatoms. The van der Waals surface area contributed by atoms with Gasteiger partial charge in [0.2, 0.25) is 0 Å². The Kier molecular flexibility index (Phi) is 10.2. The molecular weight excluding hydrogens is 348 g/mol. The van der Waals surface area contributed by atoms with E-state index in [1.54, 1.807) is 20.8 Å². The van der Waals surface area contributed by atoms with E-state index in [4.69, 9.17) is 14.2 Å². The van der Waals surface area contributed by atoms with Gasteiger partial charge in [-0.25, -0.2) is 14.4 Å². The Bertz CT molecular complexity index is 650. The third-order valence-electron chi connectivity index (χ3n) is 4.06. The normalized spacial score (nSPS) is 10.4. The number of unbranched alkanes of at least 4 members (excludes halogenated alkanes) is 3. The van der Waals surface area contributed by atoms with Crippen molar-refractivity contribution in [2.24, 2.45) is 0 Å². The molecule has 6 nitrogen and oxygen atoms in total. The lowest BCUT2D eigenvalue weighted by atomic mass is 9.91. The van der Waals surface area contributed by atoms with Crippen LogP contribution in [0.3, 0.4) is 0 Å². The highest BCUT2D eigenvalue weighted by molar-refractivity contribution is 6.07. The number of hydrogen-bond donors (Lipinski definition) is 0. The summed E-state index contributed by atoms with van der Waals surface area (Å²) in [6.45, 7) is 7.79. The number of benzene rings is 1. The predicted octanol–water partition coefficient (Wildman–Crippen LogP) is 4.34. The topological polar surface area (TPSA) is 78.9 Å². The summed E-state index contributed by atoms with van der Waals surface area (Å²) in [7, 11) is 0. The van der Waals surface area contributed by atoms with Gasteiger partial charge in [0.25, 0.3) is 0 Å². The van der Waals surface area contributed by atoms with Gasteiger partial charge in [0, 0.05) is 0 Å². The van der Waals surface area contributed by atoms with Gasteiger partial charge in [-0.1, -0.05) is 26.2 Å². The van der Waals surface area contributed by atoms with Gasteiger partial charge in [0.15, 0.2) is 0 Å². The van der Waals surface area contributed by atoms with Crippen molar-refractivity contribution in [1.82, 2.24) is 0 Å². The molecule has 1 aromatic rings. The van der Waals surface area contributed by atoms with E-state index in [1.165, 1.54) is 12.1 Å². The van der Waals surface area contributed by atoms with E-state index in [-0.39, 0.29) is 30.9 Å². The summed E-state index contributed by atoms with van der Waals surface area (Å²) in [4.78, 5) is 37.4. The molecule has 1 rings (SSSR count). The van der Waals surface area contributed by atoms with Gasteiger partial charge in [-0.05, 0) is 51.3 Å². The predicted molar refractivity (Wildman–Crippen MR) is 102 cm³/mol. The molecule has 0 N–H and O–H groups in total. The number of carbonyl (C=O) groups excluding carboxylic acids is 3. The summed E-state index contributed by atoms with van der Waals surface area (Å²) in [5.74, 6) is -1.74. The first-order chi connectivity index (χ1) is 13.0. The van der Waals surface area contributed by atoms with Crippen LogP contribution in [0.5, 0.6) is 0 Å². The highest BCUT2D eigenvalue weighted by Crippen LogP contribution is 2.25. The van der Waals surface area contributed by atoms with E-state index in [9.17, 15) is 14.4 Å². The second-order valence-electron chi connectivity index (χ2n) is 5.99. The second kappa shape index (κ2) is 12.1. The standard InChI is InChI=1S/C21H30O6/c1-5-9-10-11-12-15-16(19(22)25-6-2)13-14-17(20(23)26-7-3)18(15)21(24)27-8-4/h13-14H,5-12H2,1-4H3. The zero-order valence-corrected chi connectivity index (χ0v) is 16.8. The molecule has 150 valence electrons. The minimum atomic E-state index is -0.628. The Labute approximate surface area is 161 Å². The van der Waals surface area contributed by atoms with E-state index < -0.39 is 17.9 Å². The van der Waals surface area contributed by atoms with Crippen LogP contribution in [0.1, 0.15) is 90.0 Å². The molecule has 0 bridgehead atoms. The lowest BCUT2D eigenvalue weighted by Crippen LogP contribution is -2.20. The zero-order chi connectivity index (χ0) is 20.2. The monoisotopic (exact) mass is 378 g/mol. The van der Waals surface area contributed by atoms with Crippen LogP contribution in [0, 0.1) is 0 Å². The van der Waals surface area contributed by atoms with Crippen LogP contribution < -0.4 is 0 Å². The smallest absolute Gasteiger partial charge is 0.339 e. The van der Waals surface area contributed by atoms with Crippen molar-refractivity contribution >= 4 is 17.9 Å². The van der Waals surface area contributed by atoms with E-state index in [0.29, 0.717) is 17.5 Å². The molecule has 0 aliphatic carbocycles. The molecule has 1 aromatic carbocycles. The summed E-state index contributed by atoms with van der Waals surface area (Å²) >= 11 is 0. The summed E-state index contributed by atoms with van der Waals surface area (Å²) in [6.07, 6.45) is 4.36. The van der Waals surface area contributed by atoms with E-state index >= 15 is 0 Å². The number of rotatable bonds is 11. The van der Waals surface area contributed by atoms with Crippen LogP contribution in [0.15, 0.2) is 12.1 Å². The Hall–Kier alpha value is -2.37. The first-order valence-corrected chi connectivity index (χ1v) is 9.68. The summed E-state index contributed by atoms with van der Waals surface area (Å²) in [5.41, 5.74) is 1.02. The fourth-order valence-electron chi connectivity index (χ4n) is 2.85. The van der Waals surface area contributed by atoms with Gasteiger partial charge in [0.05, 0.1) is 36.5 Å². The largest absolute Gasteiger partial charge is 0.462 e. The first-order valence-electron chi connectivity index (χ1n) is 9.68. The van der Waals surface area contributed by atoms with Crippen molar-refractivity contribution in [3.63, 3.8) is 0 Å². The highest BCUT2D eigenvalue weighted by Gasteiger charge is 2.27. The Morgan fingerprint density at radius 1 is 0.704 bits per heavy atom. The minimum absolute atomic E-state index is 0.109. The van der Waals surface area contributed by atoms with Crippen LogP contribution in [-0.2, 0) is 20.6 Å². The van der Waals surface area contributed by atoms with Gasteiger partial charge in [-0.3, -0.25) is 0 Å². The average Bonchev–Trinajstić information content (AvgIpc) is 2.65. The van der Waals surface area contributed by atoms with E-state index in [0.717, 1.165) is 25.7 Å². The van der Waals surface area contributed by atoms with Crippen molar-refractivity contribution in [2.45, 2.75) is 59.8 Å². The molecular formula is C21H30O6. The van der Waals surface area contributed by atoms with E-state index in [2.05, 4.69) is 6.92 Å².